The second-order valence-electron chi connectivity index (χ2n) is 3.46. The Morgan fingerprint density at radius 3 is 2.73 bits per heavy atom. The van der Waals surface area contributed by atoms with Gasteiger partial charge in [0.05, 0.1) is 5.56 Å². The van der Waals surface area contributed by atoms with E-state index in [9.17, 15) is 0 Å². The number of hydrogen-bond acceptors (Lipinski definition) is 1. The summed E-state index contributed by atoms with van der Waals surface area (Å²) in [5.74, 6) is 0. The van der Waals surface area contributed by atoms with Gasteiger partial charge in [0.25, 0.3) is 0 Å². The normalized spacial score (nSPS) is 9.93. The summed E-state index contributed by atoms with van der Waals surface area (Å²) >= 11 is 0. The Labute approximate surface area is 91.2 Å². The molecule has 0 aliphatic carbocycles. The van der Waals surface area contributed by atoms with Crippen LogP contribution < -0.4 is 5.30 Å². The summed E-state index contributed by atoms with van der Waals surface area (Å²) in [5.41, 5.74) is 3.72. The van der Waals surface area contributed by atoms with Gasteiger partial charge in [-0.15, -0.1) is 9.24 Å². The number of benzene rings is 1. The molecule has 1 N–H and O–H groups in total. The second kappa shape index (κ2) is 3.88. The van der Waals surface area contributed by atoms with Gasteiger partial charge in [0, 0.05) is 11.4 Å². The molecule has 2 rings (SSSR count). The molecule has 2 nitrogen and oxygen atoms in total. The highest BCUT2D eigenvalue weighted by atomic mass is 31.0. The van der Waals surface area contributed by atoms with Crippen LogP contribution in [0, 0.1) is 18.3 Å². The molecule has 0 spiro atoms. The van der Waals surface area contributed by atoms with Gasteiger partial charge >= 0.3 is 0 Å². The quantitative estimate of drug-likeness (QED) is 0.727. The number of H-pyrrole nitrogens is 1. The summed E-state index contributed by atoms with van der Waals surface area (Å²) in [6, 6.07) is 12.2. The lowest BCUT2D eigenvalue weighted by atomic mass is 10.1. The zero-order valence-electron chi connectivity index (χ0n) is 8.41. The van der Waals surface area contributed by atoms with Crippen LogP contribution in [0.15, 0.2) is 30.3 Å². The topological polar surface area (TPSA) is 39.6 Å². The van der Waals surface area contributed by atoms with Crippen LogP contribution in [-0.2, 0) is 0 Å². The molecule has 0 aliphatic rings. The number of nitrogens with zero attached hydrogens (tertiary/aromatic N) is 1. The molecule has 0 saturated heterocycles. The predicted octanol–water partition coefficient (Wildman–Crippen LogP) is 2.36. The standard InChI is InChI=1S/C12H11N2P/c1-8-10(7-13)6-12(14-8)9-3-2-4-11(15)5-9/h2-6,14H,15H2,1H3. The Kier molecular flexibility index (Phi) is 2.58. The van der Waals surface area contributed by atoms with Crippen LogP contribution in [0.4, 0.5) is 0 Å². The van der Waals surface area contributed by atoms with Gasteiger partial charge in [-0.1, -0.05) is 18.2 Å². The molecule has 0 radical (unpaired) electrons. The molecule has 3 heteroatoms. The Hall–Kier alpha value is -1.58. The summed E-state index contributed by atoms with van der Waals surface area (Å²) in [5, 5.41) is 10.00. The second-order valence-corrected chi connectivity index (χ2v) is 4.13. The monoisotopic (exact) mass is 214 g/mol. The van der Waals surface area contributed by atoms with Crippen LogP contribution in [0.2, 0.25) is 0 Å². The van der Waals surface area contributed by atoms with Crippen molar-refractivity contribution in [3.63, 3.8) is 0 Å². The molecule has 0 aliphatic heterocycles. The number of aromatic amines is 1. The van der Waals surface area contributed by atoms with E-state index in [1.165, 1.54) is 0 Å². The van der Waals surface area contributed by atoms with E-state index >= 15 is 0 Å². The number of aromatic nitrogens is 1. The summed E-state index contributed by atoms with van der Waals surface area (Å²) in [6.45, 7) is 1.91. The van der Waals surface area contributed by atoms with Gasteiger partial charge in [0.15, 0.2) is 0 Å². The van der Waals surface area contributed by atoms with Crippen LogP contribution in [0.25, 0.3) is 11.3 Å². The zero-order chi connectivity index (χ0) is 10.8. The third kappa shape index (κ3) is 1.93. The average Bonchev–Trinajstić information content (AvgIpc) is 2.60. The first-order chi connectivity index (χ1) is 7.20. The molecule has 15 heavy (non-hydrogen) atoms. The molecule has 0 amide bonds. The summed E-state index contributed by atoms with van der Waals surface area (Å²) in [4.78, 5) is 3.21. The van der Waals surface area contributed by atoms with Crippen LogP contribution in [-0.4, -0.2) is 4.98 Å². The molecule has 1 unspecified atom stereocenters. The Morgan fingerprint density at radius 1 is 1.33 bits per heavy atom. The highest BCUT2D eigenvalue weighted by Crippen LogP contribution is 2.20. The van der Waals surface area contributed by atoms with Gasteiger partial charge in [0.1, 0.15) is 6.07 Å². The number of aryl methyl sites for hydroxylation is 1. The Morgan fingerprint density at radius 2 is 2.13 bits per heavy atom. The summed E-state index contributed by atoms with van der Waals surface area (Å²) < 4.78 is 0. The van der Waals surface area contributed by atoms with Crippen molar-refractivity contribution in [2.45, 2.75) is 6.92 Å². The number of nitrogens with one attached hydrogen (secondary N) is 1. The third-order valence-electron chi connectivity index (χ3n) is 2.33. The van der Waals surface area contributed by atoms with E-state index in [1.54, 1.807) is 0 Å². The van der Waals surface area contributed by atoms with Crippen LogP contribution in [0.1, 0.15) is 11.3 Å². The van der Waals surface area contributed by atoms with Crippen LogP contribution in [0.5, 0.6) is 0 Å². The smallest absolute Gasteiger partial charge is 0.101 e. The lowest BCUT2D eigenvalue weighted by Gasteiger charge is -1.98. The predicted molar refractivity (Wildman–Crippen MR) is 65.0 cm³/mol. The van der Waals surface area contributed by atoms with Crippen molar-refractivity contribution in [3.05, 3.63) is 41.6 Å². The highest BCUT2D eigenvalue weighted by Gasteiger charge is 2.05. The minimum absolute atomic E-state index is 0.708. The van der Waals surface area contributed by atoms with E-state index in [0.717, 1.165) is 22.3 Å². The Bertz CT molecular complexity index is 535. The number of nitriles is 1. The minimum atomic E-state index is 0.708. The van der Waals surface area contributed by atoms with E-state index in [1.807, 2.05) is 31.2 Å². The molecular formula is C12H11N2P. The van der Waals surface area contributed by atoms with Crippen molar-refractivity contribution in [1.82, 2.24) is 4.98 Å². The lowest BCUT2D eigenvalue weighted by Crippen LogP contribution is -1.89. The molecule has 1 aromatic heterocycles. The molecule has 1 aromatic carbocycles. The maximum absolute atomic E-state index is 8.86. The molecule has 0 bridgehead atoms. The van der Waals surface area contributed by atoms with Gasteiger partial charge in [0.2, 0.25) is 0 Å². The first kappa shape index (κ1) is 9.96. The van der Waals surface area contributed by atoms with Crippen molar-refractivity contribution in [1.29, 1.82) is 5.26 Å². The van der Waals surface area contributed by atoms with E-state index in [4.69, 9.17) is 5.26 Å². The maximum Gasteiger partial charge on any atom is 0.101 e. The van der Waals surface area contributed by atoms with Crippen molar-refractivity contribution in [2.75, 3.05) is 0 Å². The maximum atomic E-state index is 8.86. The molecule has 0 saturated carbocycles. The minimum Gasteiger partial charge on any atom is -0.358 e. The largest absolute Gasteiger partial charge is 0.358 e. The van der Waals surface area contributed by atoms with E-state index < -0.39 is 0 Å². The molecule has 0 fully saturated rings. The number of rotatable bonds is 1. The fourth-order valence-corrected chi connectivity index (χ4v) is 1.83. The molecule has 2 aromatic rings. The number of hydrogen-bond donors (Lipinski definition) is 1. The molecular weight excluding hydrogens is 203 g/mol. The molecule has 1 heterocycles. The fourth-order valence-electron chi connectivity index (χ4n) is 1.54. The Balaban J connectivity index is 2.51. The third-order valence-corrected chi connectivity index (χ3v) is 2.69. The van der Waals surface area contributed by atoms with Gasteiger partial charge in [-0.2, -0.15) is 5.26 Å². The van der Waals surface area contributed by atoms with Crippen LogP contribution >= 0.6 is 9.24 Å². The fraction of sp³-hybridized carbons (Fsp3) is 0.0833. The molecule has 1 atom stereocenters. The summed E-state index contributed by atoms with van der Waals surface area (Å²) in [7, 11) is 2.67. The highest BCUT2D eigenvalue weighted by molar-refractivity contribution is 7.27. The van der Waals surface area contributed by atoms with Crippen molar-refractivity contribution < 1.29 is 0 Å². The van der Waals surface area contributed by atoms with E-state index in [-0.39, 0.29) is 0 Å². The van der Waals surface area contributed by atoms with Gasteiger partial charge < -0.3 is 4.98 Å². The first-order valence-electron chi connectivity index (χ1n) is 4.66. The van der Waals surface area contributed by atoms with E-state index in [0.29, 0.717) is 5.56 Å². The van der Waals surface area contributed by atoms with Crippen LogP contribution in [0.3, 0.4) is 0 Å². The lowest BCUT2D eigenvalue weighted by molar-refractivity contribution is 1.25. The summed E-state index contributed by atoms with van der Waals surface area (Å²) in [6.07, 6.45) is 0. The SMILES string of the molecule is Cc1[nH]c(-c2cccc(P)c2)cc1C#N. The van der Waals surface area contributed by atoms with Crippen molar-refractivity contribution in [2.24, 2.45) is 0 Å². The average molecular weight is 214 g/mol. The van der Waals surface area contributed by atoms with Gasteiger partial charge in [-0.05, 0) is 29.9 Å². The first-order valence-corrected chi connectivity index (χ1v) is 5.24. The van der Waals surface area contributed by atoms with Gasteiger partial charge in [-0.25, -0.2) is 0 Å². The van der Waals surface area contributed by atoms with Gasteiger partial charge in [-0.3, -0.25) is 0 Å². The molecule has 74 valence electrons. The zero-order valence-corrected chi connectivity index (χ0v) is 9.57. The van der Waals surface area contributed by atoms with E-state index in [2.05, 4.69) is 26.4 Å². The van der Waals surface area contributed by atoms with Crippen molar-refractivity contribution in [3.8, 4) is 17.3 Å². The van der Waals surface area contributed by atoms with Crippen molar-refractivity contribution >= 4 is 14.5 Å².